The van der Waals surface area contributed by atoms with Crippen LogP contribution in [-0.4, -0.2) is 75.0 Å². The molecule has 1 amide bonds. The van der Waals surface area contributed by atoms with Crippen LogP contribution in [0.4, 0.5) is 0 Å². The first-order valence-electron chi connectivity index (χ1n) is 10.9. The Morgan fingerprint density at radius 2 is 1.48 bits per heavy atom. The van der Waals surface area contributed by atoms with Gasteiger partial charge in [0.05, 0.1) is 18.6 Å². The Morgan fingerprint density at radius 1 is 0.903 bits per heavy atom. The Labute approximate surface area is 184 Å². The zero-order valence-corrected chi connectivity index (χ0v) is 19.0. The Kier molecular flexibility index (Phi) is 10.2. The number of amides is 1. The van der Waals surface area contributed by atoms with Crippen molar-refractivity contribution in [1.29, 1.82) is 0 Å². The highest BCUT2D eigenvalue weighted by Gasteiger charge is 2.35. The molecule has 1 saturated heterocycles. The van der Waals surface area contributed by atoms with E-state index in [1.807, 2.05) is 26.0 Å². The van der Waals surface area contributed by atoms with Gasteiger partial charge in [-0.25, -0.2) is 4.79 Å². The molecule has 2 rings (SSSR count). The normalized spacial score (nSPS) is 34.0. The molecular formula is C23H35NO7. The molecule has 31 heavy (non-hydrogen) atoms. The molecule has 1 fully saturated rings. The van der Waals surface area contributed by atoms with Gasteiger partial charge in [0.25, 0.3) is 0 Å². The van der Waals surface area contributed by atoms with Gasteiger partial charge in [-0.3, -0.25) is 9.59 Å². The average Bonchev–Trinajstić information content (AvgIpc) is 3.24. The third-order valence-electron chi connectivity index (χ3n) is 5.88. The van der Waals surface area contributed by atoms with E-state index in [1.165, 1.54) is 0 Å². The third kappa shape index (κ3) is 7.47. The van der Waals surface area contributed by atoms with Crippen LogP contribution in [0.15, 0.2) is 24.3 Å². The number of carbonyl (C=O) groups excluding carboxylic acids is 3. The Morgan fingerprint density at radius 3 is 2.10 bits per heavy atom. The first-order chi connectivity index (χ1) is 14.9. The predicted octanol–water partition coefficient (Wildman–Crippen LogP) is 2.27. The fourth-order valence-electron chi connectivity index (χ4n) is 3.80. The monoisotopic (exact) mass is 437 g/mol. The highest BCUT2D eigenvalue weighted by molar-refractivity contribution is 5.85. The lowest BCUT2D eigenvalue weighted by Gasteiger charge is -2.25. The molecule has 2 heterocycles. The van der Waals surface area contributed by atoms with Crippen LogP contribution in [0.1, 0.15) is 39.5 Å². The highest BCUT2D eigenvalue weighted by Crippen LogP contribution is 2.21. The van der Waals surface area contributed by atoms with Crippen LogP contribution in [0.2, 0.25) is 0 Å². The van der Waals surface area contributed by atoms with Crippen molar-refractivity contribution in [1.82, 2.24) is 4.90 Å². The summed E-state index contributed by atoms with van der Waals surface area (Å²) in [6.45, 7) is 4.62. The number of hydrogen-bond donors (Lipinski definition) is 0. The summed E-state index contributed by atoms with van der Waals surface area (Å²) in [5.41, 5.74) is 0. The number of hydrogen-bond acceptors (Lipinski definition) is 7. The van der Waals surface area contributed by atoms with Gasteiger partial charge in [-0.2, -0.15) is 0 Å². The first kappa shape index (κ1) is 25.1. The zero-order chi connectivity index (χ0) is 22.8. The van der Waals surface area contributed by atoms with E-state index in [0.29, 0.717) is 13.0 Å². The van der Waals surface area contributed by atoms with E-state index in [0.717, 1.165) is 6.42 Å². The fraction of sp³-hybridized carbons (Fsp3) is 0.696. The largest absolute Gasteiger partial charge is 0.463 e. The molecule has 5 atom stereocenters. The van der Waals surface area contributed by atoms with Crippen LogP contribution >= 0.6 is 0 Å². The SMILES string of the molecule is CO[C@@H]1COC(=O)C/C=C\[C@H](C)[C@H](OC)COC(=O)[C@H]2CCCN2C(=O)C/C=C\[C@H]1C. The Bertz CT molecular complexity index is 675. The van der Waals surface area contributed by atoms with E-state index < -0.39 is 12.0 Å². The first-order valence-corrected chi connectivity index (χ1v) is 10.9. The van der Waals surface area contributed by atoms with E-state index >= 15 is 0 Å². The molecule has 0 bridgehead atoms. The van der Waals surface area contributed by atoms with Crippen molar-refractivity contribution >= 4 is 17.8 Å². The molecule has 0 saturated carbocycles. The van der Waals surface area contributed by atoms with Crippen molar-refractivity contribution in [2.24, 2.45) is 11.8 Å². The summed E-state index contributed by atoms with van der Waals surface area (Å²) in [5.74, 6) is -0.992. The summed E-state index contributed by atoms with van der Waals surface area (Å²) in [7, 11) is 3.12. The summed E-state index contributed by atoms with van der Waals surface area (Å²) in [5, 5.41) is 0. The third-order valence-corrected chi connectivity index (χ3v) is 5.88. The maximum absolute atomic E-state index is 12.7. The molecule has 0 radical (unpaired) electrons. The minimum atomic E-state index is -0.554. The molecule has 0 spiro atoms. The highest BCUT2D eigenvalue weighted by atomic mass is 16.6. The summed E-state index contributed by atoms with van der Waals surface area (Å²) < 4.78 is 21.7. The Hall–Kier alpha value is -2.19. The molecule has 0 aliphatic carbocycles. The molecule has 8 heteroatoms. The van der Waals surface area contributed by atoms with E-state index in [2.05, 4.69) is 0 Å². The van der Waals surface area contributed by atoms with Crippen molar-refractivity contribution in [2.45, 2.75) is 57.8 Å². The fourth-order valence-corrected chi connectivity index (χ4v) is 3.80. The van der Waals surface area contributed by atoms with E-state index in [1.54, 1.807) is 31.3 Å². The number of carbonyl (C=O) groups is 3. The van der Waals surface area contributed by atoms with Crippen molar-refractivity contribution in [3.8, 4) is 0 Å². The van der Waals surface area contributed by atoms with Gasteiger partial charge >= 0.3 is 11.9 Å². The van der Waals surface area contributed by atoms with Gasteiger partial charge in [-0.05, 0) is 12.8 Å². The van der Waals surface area contributed by atoms with Crippen LogP contribution in [-0.2, 0) is 33.3 Å². The maximum Gasteiger partial charge on any atom is 0.328 e. The van der Waals surface area contributed by atoms with Gasteiger partial charge in [0.2, 0.25) is 5.91 Å². The van der Waals surface area contributed by atoms with Gasteiger partial charge < -0.3 is 23.8 Å². The number of methoxy groups -OCH3 is 2. The molecule has 0 N–H and O–H groups in total. The maximum atomic E-state index is 12.7. The van der Waals surface area contributed by atoms with E-state index in [4.69, 9.17) is 18.9 Å². The topological polar surface area (TPSA) is 91.4 Å². The lowest BCUT2D eigenvalue weighted by Crippen LogP contribution is -2.42. The smallest absolute Gasteiger partial charge is 0.328 e. The van der Waals surface area contributed by atoms with Gasteiger partial charge in [-0.1, -0.05) is 38.2 Å². The molecular weight excluding hydrogens is 402 g/mol. The van der Waals surface area contributed by atoms with Crippen molar-refractivity contribution in [2.75, 3.05) is 34.0 Å². The molecule has 0 aromatic heterocycles. The zero-order valence-electron chi connectivity index (χ0n) is 19.0. The summed E-state index contributed by atoms with van der Waals surface area (Å²) in [6, 6.07) is -0.554. The number of cyclic esters (lactones) is 2. The van der Waals surface area contributed by atoms with Crippen LogP contribution in [0, 0.1) is 11.8 Å². The number of nitrogens with zero attached hydrogens (tertiary/aromatic N) is 1. The summed E-state index contributed by atoms with van der Waals surface area (Å²) in [4.78, 5) is 39.0. The molecule has 8 nitrogen and oxygen atoms in total. The van der Waals surface area contributed by atoms with Gasteiger partial charge in [0.15, 0.2) is 0 Å². The second kappa shape index (κ2) is 12.6. The number of ether oxygens (including phenoxy) is 4. The van der Waals surface area contributed by atoms with Gasteiger partial charge in [0, 0.05) is 39.0 Å². The number of rotatable bonds is 2. The second-order valence-corrected chi connectivity index (χ2v) is 8.09. The van der Waals surface area contributed by atoms with Crippen molar-refractivity contribution < 1.29 is 33.3 Å². The predicted molar refractivity (Wildman–Crippen MR) is 114 cm³/mol. The summed E-state index contributed by atoms with van der Waals surface area (Å²) >= 11 is 0. The second-order valence-electron chi connectivity index (χ2n) is 8.09. The van der Waals surface area contributed by atoms with Crippen LogP contribution in [0.3, 0.4) is 0 Å². The van der Waals surface area contributed by atoms with Crippen LogP contribution in [0.25, 0.3) is 0 Å². The van der Waals surface area contributed by atoms with E-state index in [-0.39, 0.29) is 62.0 Å². The van der Waals surface area contributed by atoms with Gasteiger partial charge in [-0.15, -0.1) is 0 Å². The van der Waals surface area contributed by atoms with Gasteiger partial charge in [0.1, 0.15) is 19.3 Å². The number of esters is 2. The molecule has 2 aliphatic heterocycles. The minimum absolute atomic E-state index is 0.0509. The van der Waals surface area contributed by atoms with Crippen LogP contribution < -0.4 is 0 Å². The lowest BCUT2D eigenvalue weighted by atomic mass is 10.0. The Balaban J connectivity index is 2.16. The summed E-state index contributed by atoms with van der Waals surface area (Å²) in [6.07, 6.45) is 8.26. The molecule has 0 aromatic rings. The quantitative estimate of drug-likeness (QED) is 0.483. The lowest BCUT2D eigenvalue weighted by molar-refractivity contribution is -0.156. The molecule has 174 valence electrons. The standard InChI is InChI=1S/C23H35NO7/c1-16-8-5-11-21(25)24-13-7-10-18(24)23(27)31-15-20(29-4)17(2)9-6-12-22(26)30-14-19(16)28-3/h5-6,8-9,16-20H,7,10-15H2,1-4H3/b8-5-,9-6-/t16-,17+,18-,19-,20-/m1/s1. The van der Waals surface area contributed by atoms with Crippen LogP contribution in [0.5, 0.6) is 0 Å². The van der Waals surface area contributed by atoms with Crippen molar-refractivity contribution in [3.05, 3.63) is 24.3 Å². The molecule has 0 unspecified atom stereocenters. The molecule has 0 aromatic carbocycles. The number of fused-ring (bicyclic) bond motifs is 1. The minimum Gasteiger partial charge on any atom is -0.463 e. The molecule has 2 aliphatic rings. The average molecular weight is 438 g/mol. The van der Waals surface area contributed by atoms with E-state index in [9.17, 15) is 14.4 Å². The van der Waals surface area contributed by atoms with Crippen molar-refractivity contribution in [3.63, 3.8) is 0 Å².